The van der Waals surface area contributed by atoms with Gasteiger partial charge < -0.3 is 0 Å². The molecule has 4 rings (SSSR count). The van der Waals surface area contributed by atoms with Crippen LogP contribution in [0.25, 0.3) is 0 Å². The predicted octanol–water partition coefficient (Wildman–Crippen LogP) is 8.04. The lowest BCUT2D eigenvalue weighted by atomic mass is 9.74. The highest BCUT2D eigenvalue weighted by Gasteiger charge is 2.27. The highest BCUT2D eigenvalue weighted by molar-refractivity contribution is 7.12. The van der Waals surface area contributed by atoms with E-state index in [0.717, 1.165) is 23.7 Å². The van der Waals surface area contributed by atoms with Crippen LogP contribution in [0.2, 0.25) is 0 Å². The van der Waals surface area contributed by atoms with Gasteiger partial charge in [0.15, 0.2) is 0 Å². The van der Waals surface area contributed by atoms with Gasteiger partial charge in [-0.05, 0) is 67.9 Å². The smallest absolute Gasteiger partial charge is 0.00793 e. The van der Waals surface area contributed by atoms with Crippen LogP contribution in [0.15, 0.2) is 12.1 Å². The molecule has 0 aliphatic heterocycles. The van der Waals surface area contributed by atoms with Gasteiger partial charge in [0, 0.05) is 9.75 Å². The molecule has 1 heterocycles. The molecule has 0 saturated heterocycles. The van der Waals surface area contributed by atoms with E-state index in [-0.39, 0.29) is 0 Å². The fraction of sp³-hybridized carbons (Fsp3) is 0.826. The van der Waals surface area contributed by atoms with Crippen LogP contribution in [0.4, 0.5) is 0 Å². The van der Waals surface area contributed by atoms with E-state index < -0.39 is 0 Å². The largest absolute Gasteiger partial charge is 0.145 e. The Kier molecular flexibility index (Phi) is 5.99. The van der Waals surface area contributed by atoms with Crippen molar-refractivity contribution in [2.24, 2.45) is 11.8 Å². The van der Waals surface area contributed by atoms with Crippen LogP contribution in [0, 0.1) is 11.8 Å². The molecule has 2 unspecified atom stereocenters. The zero-order valence-corrected chi connectivity index (χ0v) is 16.3. The van der Waals surface area contributed by atoms with Gasteiger partial charge in [0.05, 0.1) is 0 Å². The van der Waals surface area contributed by atoms with Crippen molar-refractivity contribution in [1.29, 1.82) is 0 Å². The minimum atomic E-state index is 0.898. The monoisotopic (exact) mass is 344 g/mol. The molecule has 0 amide bonds. The van der Waals surface area contributed by atoms with E-state index >= 15 is 0 Å². The van der Waals surface area contributed by atoms with E-state index in [2.05, 4.69) is 23.5 Å². The second-order valence-corrected chi connectivity index (χ2v) is 10.2. The maximum absolute atomic E-state index is 2.52. The third-order valence-electron chi connectivity index (χ3n) is 7.23. The summed E-state index contributed by atoms with van der Waals surface area (Å²) in [7, 11) is 0. The topological polar surface area (TPSA) is 0 Å². The first-order chi connectivity index (χ1) is 11.9. The summed E-state index contributed by atoms with van der Waals surface area (Å²) >= 11 is 2.19. The molecule has 1 heteroatoms. The Balaban J connectivity index is 1.34. The molecule has 134 valence electrons. The Morgan fingerprint density at radius 1 is 0.625 bits per heavy atom. The number of hydrogen-bond donors (Lipinski definition) is 0. The van der Waals surface area contributed by atoms with Crippen molar-refractivity contribution >= 4 is 11.3 Å². The maximum atomic E-state index is 2.52. The van der Waals surface area contributed by atoms with E-state index in [1.54, 1.807) is 16.2 Å². The molecule has 3 aliphatic rings. The molecule has 0 radical (unpaired) electrons. The second-order valence-electron chi connectivity index (χ2n) is 9.04. The van der Waals surface area contributed by atoms with Crippen molar-refractivity contribution in [2.75, 3.05) is 0 Å². The van der Waals surface area contributed by atoms with Gasteiger partial charge in [-0.25, -0.2) is 0 Å². The highest BCUT2D eigenvalue weighted by Crippen LogP contribution is 2.45. The van der Waals surface area contributed by atoms with Crippen LogP contribution < -0.4 is 0 Å². The zero-order chi connectivity index (χ0) is 16.2. The second kappa shape index (κ2) is 8.39. The molecule has 3 fully saturated rings. The van der Waals surface area contributed by atoms with Gasteiger partial charge in [-0.2, -0.15) is 0 Å². The normalized spacial score (nSPS) is 30.5. The van der Waals surface area contributed by atoms with Gasteiger partial charge in [-0.1, -0.05) is 64.2 Å². The molecule has 2 atom stereocenters. The molecule has 1 aromatic heterocycles. The Hall–Kier alpha value is -0.300. The van der Waals surface area contributed by atoms with Crippen LogP contribution >= 0.6 is 11.3 Å². The fourth-order valence-corrected chi connectivity index (χ4v) is 7.18. The predicted molar refractivity (Wildman–Crippen MR) is 106 cm³/mol. The van der Waals surface area contributed by atoms with Gasteiger partial charge in [0.2, 0.25) is 0 Å². The fourth-order valence-electron chi connectivity index (χ4n) is 5.85. The summed E-state index contributed by atoms with van der Waals surface area (Å²) in [4.78, 5) is 3.46. The van der Waals surface area contributed by atoms with Gasteiger partial charge in [0.25, 0.3) is 0 Å². The maximum Gasteiger partial charge on any atom is 0.00793 e. The number of hydrogen-bond acceptors (Lipinski definition) is 1. The first kappa shape index (κ1) is 17.1. The molecule has 3 aliphatic carbocycles. The van der Waals surface area contributed by atoms with Crippen LogP contribution in [0.5, 0.6) is 0 Å². The molecule has 3 saturated carbocycles. The lowest BCUT2D eigenvalue weighted by Gasteiger charge is -2.32. The van der Waals surface area contributed by atoms with Crippen molar-refractivity contribution in [1.82, 2.24) is 0 Å². The molecule has 0 bridgehead atoms. The van der Waals surface area contributed by atoms with Crippen molar-refractivity contribution in [2.45, 2.75) is 108 Å². The Morgan fingerprint density at radius 2 is 1.21 bits per heavy atom. The van der Waals surface area contributed by atoms with Crippen molar-refractivity contribution < 1.29 is 0 Å². The summed E-state index contributed by atoms with van der Waals surface area (Å²) < 4.78 is 0. The molecular formula is C23H36S. The SMILES string of the molecule is c1cc(C2CCCC(CC3CCCCC3)C2)sc1C1CCCCC1. The molecular weight excluding hydrogens is 308 g/mol. The third-order valence-corrected chi connectivity index (χ3v) is 8.64. The number of thiophene rings is 1. The van der Waals surface area contributed by atoms with Gasteiger partial charge in [0.1, 0.15) is 0 Å². The summed E-state index contributed by atoms with van der Waals surface area (Å²) in [5.41, 5.74) is 0. The van der Waals surface area contributed by atoms with E-state index in [9.17, 15) is 0 Å². The molecule has 0 spiro atoms. The zero-order valence-electron chi connectivity index (χ0n) is 15.5. The Bertz CT molecular complexity index is 490. The highest BCUT2D eigenvalue weighted by atomic mass is 32.1. The van der Waals surface area contributed by atoms with Crippen LogP contribution in [0.3, 0.4) is 0 Å². The van der Waals surface area contributed by atoms with Crippen LogP contribution in [-0.2, 0) is 0 Å². The molecule has 0 N–H and O–H groups in total. The Labute approximate surface area is 153 Å². The molecule has 1 aromatic rings. The first-order valence-electron chi connectivity index (χ1n) is 11.0. The van der Waals surface area contributed by atoms with Crippen molar-refractivity contribution in [3.05, 3.63) is 21.9 Å². The summed E-state index contributed by atoms with van der Waals surface area (Å²) in [6, 6.07) is 5.02. The van der Waals surface area contributed by atoms with Crippen molar-refractivity contribution in [3.8, 4) is 0 Å². The Morgan fingerprint density at radius 3 is 1.96 bits per heavy atom. The first-order valence-corrected chi connectivity index (χ1v) is 11.8. The van der Waals surface area contributed by atoms with Crippen molar-refractivity contribution in [3.63, 3.8) is 0 Å². The lowest BCUT2D eigenvalue weighted by molar-refractivity contribution is 0.232. The van der Waals surface area contributed by atoms with Gasteiger partial charge >= 0.3 is 0 Å². The number of rotatable bonds is 4. The van der Waals surface area contributed by atoms with E-state index in [4.69, 9.17) is 0 Å². The van der Waals surface area contributed by atoms with E-state index in [1.807, 2.05) is 0 Å². The third kappa shape index (κ3) is 4.26. The molecule has 24 heavy (non-hydrogen) atoms. The van der Waals surface area contributed by atoms with E-state index in [1.165, 1.54) is 89.9 Å². The van der Waals surface area contributed by atoms with Gasteiger partial charge in [-0.15, -0.1) is 11.3 Å². The van der Waals surface area contributed by atoms with Crippen LogP contribution in [-0.4, -0.2) is 0 Å². The van der Waals surface area contributed by atoms with Crippen LogP contribution in [0.1, 0.15) is 118 Å². The van der Waals surface area contributed by atoms with E-state index in [0.29, 0.717) is 0 Å². The summed E-state index contributed by atoms with van der Waals surface area (Å²) in [6.45, 7) is 0. The minimum absolute atomic E-state index is 0.898. The average molecular weight is 345 g/mol. The molecule has 0 aromatic carbocycles. The average Bonchev–Trinajstić information content (AvgIpc) is 3.14. The lowest BCUT2D eigenvalue weighted by Crippen LogP contribution is -2.18. The molecule has 0 nitrogen and oxygen atoms in total. The standard InChI is InChI=1S/C23H36S/c1-3-8-18(9-4-1)16-19-10-7-13-21(17-19)23-15-14-22(24-23)20-11-5-2-6-12-20/h14-15,18-21H,1-13,16-17H2. The summed E-state index contributed by atoms with van der Waals surface area (Å²) in [5.74, 6) is 3.91. The minimum Gasteiger partial charge on any atom is -0.145 e. The summed E-state index contributed by atoms with van der Waals surface area (Å²) in [6.07, 6.45) is 22.4. The quantitative estimate of drug-likeness (QED) is 0.518. The van der Waals surface area contributed by atoms with Gasteiger partial charge in [-0.3, -0.25) is 0 Å². The summed E-state index contributed by atoms with van der Waals surface area (Å²) in [5, 5.41) is 0.